The Balaban J connectivity index is 2.27. The van der Waals surface area contributed by atoms with Crippen LogP contribution >= 0.6 is 22.9 Å². The maximum absolute atomic E-state index is 12.0. The number of carboxylic acids is 1. The number of carbonyl (C=O) groups excluding carboxylic acids is 1. The smallest absolute Gasteiger partial charge is 0.348 e. The quantitative estimate of drug-likeness (QED) is 0.662. The van der Waals surface area contributed by atoms with Gasteiger partial charge in [-0.15, -0.1) is 11.3 Å². The van der Waals surface area contributed by atoms with Crippen molar-refractivity contribution in [3.8, 4) is 0 Å². The Labute approximate surface area is 126 Å². The third-order valence-electron chi connectivity index (χ3n) is 2.52. The molecule has 1 amide bonds. The van der Waals surface area contributed by atoms with E-state index in [0.29, 0.717) is 0 Å². The minimum atomic E-state index is -1.16. The van der Waals surface area contributed by atoms with Crippen LogP contribution in [0.4, 0.5) is 11.4 Å². The van der Waals surface area contributed by atoms with Gasteiger partial charge in [0.15, 0.2) is 0 Å². The van der Waals surface area contributed by atoms with Crippen LogP contribution in [-0.2, 0) is 0 Å². The number of carboxylic acid groups (broad SMARTS) is 1. The SMILES string of the molecule is O=C(Nc1ccsc1C(=O)O)c1ccc([N+](=O)[O-])cc1Cl. The molecule has 0 spiro atoms. The molecular weight excluding hydrogens is 320 g/mol. The molecule has 1 aromatic carbocycles. The number of amides is 1. The van der Waals surface area contributed by atoms with Gasteiger partial charge in [-0.1, -0.05) is 11.6 Å². The third kappa shape index (κ3) is 3.18. The number of halogens is 1. The number of carbonyl (C=O) groups is 2. The lowest BCUT2D eigenvalue weighted by molar-refractivity contribution is -0.384. The van der Waals surface area contributed by atoms with Gasteiger partial charge in [-0.3, -0.25) is 14.9 Å². The molecule has 0 unspecified atom stereocenters. The number of aromatic carboxylic acids is 1. The summed E-state index contributed by atoms with van der Waals surface area (Å²) < 4.78 is 0. The zero-order valence-electron chi connectivity index (χ0n) is 10.2. The number of thiophene rings is 1. The largest absolute Gasteiger partial charge is 0.477 e. The molecule has 2 N–H and O–H groups in total. The van der Waals surface area contributed by atoms with Crippen LogP contribution in [0.25, 0.3) is 0 Å². The van der Waals surface area contributed by atoms with Gasteiger partial charge in [-0.25, -0.2) is 4.79 Å². The summed E-state index contributed by atoms with van der Waals surface area (Å²) in [6, 6.07) is 4.86. The second kappa shape index (κ2) is 5.90. The number of nitrogens with one attached hydrogen (secondary N) is 1. The number of nitrogens with zero attached hydrogens (tertiary/aromatic N) is 1. The average molecular weight is 327 g/mol. The zero-order valence-corrected chi connectivity index (χ0v) is 11.8. The molecule has 7 nitrogen and oxygen atoms in total. The summed E-state index contributed by atoms with van der Waals surface area (Å²) in [6.07, 6.45) is 0. The second-order valence-electron chi connectivity index (χ2n) is 3.84. The van der Waals surface area contributed by atoms with Crippen molar-refractivity contribution in [3.05, 3.63) is 55.2 Å². The van der Waals surface area contributed by atoms with E-state index in [1.165, 1.54) is 17.5 Å². The molecule has 0 bridgehead atoms. The number of hydrogen-bond acceptors (Lipinski definition) is 5. The van der Waals surface area contributed by atoms with E-state index in [2.05, 4.69) is 5.32 Å². The summed E-state index contributed by atoms with van der Waals surface area (Å²) in [7, 11) is 0. The van der Waals surface area contributed by atoms with Crippen LogP contribution < -0.4 is 5.32 Å². The molecule has 0 aliphatic heterocycles. The molecule has 9 heteroatoms. The van der Waals surface area contributed by atoms with Crippen LogP contribution in [0, 0.1) is 10.1 Å². The fourth-order valence-corrected chi connectivity index (χ4v) is 2.51. The van der Waals surface area contributed by atoms with Gasteiger partial charge < -0.3 is 10.4 Å². The first kappa shape index (κ1) is 14.9. The molecule has 1 heterocycles. The molecule has 21 heavy (non-hydrogen) atoms. The predicted octanol–water partition coefficient (Wildman–Crippen LogP) is 3.26. The van der Waals surface area contributed by atoms with Gasteiger partial charge in [0.1, 0.15) is 4.88 Å². The Morgan fingerprint density at radius 2 is 2.05 bits per heavy atom. The van der Waals surface area contributed by atoms with E-state index in [1.807, 2.05) is 0 Å². The highest BCUT2D eigenvalue weighted by Gasteiger charge is 2.18. The minimum Gasteiger partial charge on any atom is -0.477 e. The molecule has 0 aliphatic carbocycles. The third-order valence-corrected chi connectivity index (χ3v) is 3.73. The number of non-ortho nitro benzene ring substituents is 1. The topological polar surface area (TPSA) is 110 Å². The summed E-state index contributed by atoms with van der Waals surface area (Å²) in [5.41, 5.74) is -0.0740. The van der Waals surface area contributed by atoms with Gasteiger partial charge in [0.25, 0.3) is 11.6 Å². The summed E-state index contributed by atoms with van der Waals surface area (Å²) >= 11 is 6.80. The van der Waals surface area contributed by atoms with E-state index in [4.69, 9.17) is 16.7 Å². The number of nitro benzene ring substituents is 1. The van der Waals surface area contributed by atoms with E-state index in [-0.39, 0.29) is 26.8 Å². The fraction of sp³-hybridized carbons (Fsp3) is 0. The van der Waals surface area contributed by atoms with Crippen LogP contribution in [0.2, 0.25) is 5.02 Å². The van der Waals surface area contributed by atoms with E-state index in [9.17, 15) is 19.7 Å². The Morgan fingerprint density at radius 1 is 1.33 bits per heavy atom. The molecule has 0 saturated carbocycles. The lowest BCUT2D eigenvalue weighted by atomic mass is 10.2. The molecule has 0 fully saturated rings. The lowest BCUT2D eigenvalue weighted by Crippen LogP contribution is -2.14. The van der Waals surface area contributed by atoms with Crippen LogP contribution in [0.5, 0.6) is 0 Å². The van der Waals surface area contributed by atoms with Gasteiger partial charge in [-0.05, 0) is 17.5 Å². The van der Waals surface area contributed by atoms with Crippen molar-refractivity contribution in [3.63, 3.8) is 0 Å². The summed E-state index contributed by atoms with van der Waals surface area (Å²) in [5, 5.41) is 23.4. The second-order valence-corrected chi connectivity index (χ2v) is 5.17. The Bertz CT molecular complexity index is 743. The van der Waals surface area contributed by atoms with E-state index in [1.54, 1.807) is 0 Å². The number of nitro groups is 1. The number of anilines is 1. The molecule has 0 saturated heterocycles. The molecule has 108 valence electrons. The molecule has 2 rings (SSSR count). The van der Waals surface area contributed by atoms with E-state index >= 15 is 0 Å². The van der Waals surface area contributed by atoms with Crippen LogP contribution in [0.15, 0.2) is 29.6 Å². The molecule has 0 atom stereocenters. The highest BCUT2D eigenvalue weighted by molar-refractivity contribution is 7.12. The number of hydrogen-bond donors (Lipinski definition) is 2. The maximum atomic E-state index is 12.0. The summed E-state index contributed by atoms with van der Waals surface area (Å²) in [5.74, 6) is -1.80. The average Bonchev–Trinajstić information content (AvgIpc) is 2.86. The highest BCUT2D eigenvalue weighted by Crippen LogP contribution is 2.26. The van der Waals surface area contributed by atoms with Crippen molar-refractivity contribution in [2.75, 3.05) is 5.32 Å². The van der Waals surface area contributed by atoms with Gasteiger partial charge in [0.2, 0.25) is 0 Å². The molecule has 2 aromatic rings. The normalized spacial score (nSPS) is 10.1. The molecule has 0 radical (unpaired) electrons. The number of rotatable bonds is 4. The fourth-order valence-electron chi connectivity index (χ4n) is 1.56. The number of benzene rings is 1. The van der Waals surface area contributed by atoms with Gasteiger partial charge in [0, 0.05) is 12.1 Å². The zero-order chi connectivity index (χ0) is 15.6. The predicted molar refractivity (Wildman–Crippen MR) is 77.3 cm³/mol. The Kier molecular flexibility index (Phi) is 4.20. The van der Waals surface area contributed by atoms with Crippen LogP contribution in [0.3, 0.4) is 0 Å². The molecule has 1 aromatic heterocycles. The van der Waals surface area contributed by atoms with Crippen molar-refractivity contribution in [2.45, 2.75) is 0 Å². The Morgan fingerprint density at radius 3 is 2.62 bits per heavy atom. The lowest BCUT2D eigenvalue weighted by Gasteiger charge is -2.06. The maximum Gasteiger partial charge on any atom is 0.348 e. The van der Waals surface area contributed by atoms with Gasteiger partial charge in [0.05, 0.1) is 21.2 Å². The van der Waals surface area contributed by atoms with Crippen molar-refractivity contribution in [2.24, 2.45) is 0 Å². The first-order valence-corrected chi connectivity index (χ1v) is 6.72. The standard InChI is InChI=1S/C12H7ClN2O5S/c13-8-5-6(15(19)20)1-2-7(8)11(16)14-9-3-4-21-10(9)12(17)18/h1-5H,(H,14,16)(H,17,18). The van der Waals surface area contributed by atoms with Gasteiger partial charge in [-0.2, -0.15) is 0 Å². The molecular formula is C12H7ClN2O5S. The minimum absolute atomic E-state index is 0.0126. The first-order valence-electron chi connectivity index (χ1n) is 5.46. The summed E-state index contributed by atoms with van der Waals surface area (Å²) in [6.45, 7) is 0. The summed E-state index contributed by atoms with van der Waals surface area (Å²) in [4.78, 5) is 32.9. The van der Waals surface area contributed by atoms with E-state index < -0.39 is 16.8 Å². The van der Waals surface area contributed by atoms with Gasteiger partial charge >= 0.3 is 5.97 Å². The van der Waals surface area contributed by atoms with Crippen molar-refractivity contribution in [1.82, 2.24) is 0 Å². The monoisotopic (exact) mass is 326 g/mol. The first-order chi connectivity index (χ1) is 9.90. The van der Waals surface area contributed by atoms with Crippen molar-refractivity contribution < 1.29 is 19.6 Å². The highest BCUT2D eigenvalue weighted by atomic mass is 35.5. The van der Waals surface area contributed by atoms with Crippen molar-refractivity contribution >= 4 is 46.2 Å². The van der Waals surface area contributed by atoms with Crippen LogP contribution in [-0.4, -0.2) is 21.9 Å². The van der Waals surface area contributed by atoms with Crippen molar-refractivity contribution in [1.29, 1.82) is 0 Å². The molecule has 0 aliphatic rings. The van der Waals surface area contributed by atoms with Crippen LogP contribution in [0.1, 0.15) is 20.0 Å². The Hall–Kier alpha value is -2.45. The van der Waals surface area contributed by atoms with E-state index in [0.717, 1.165) is 23.5 Å².